The second-order valence-electron chi connectivity index (χ2n) is 8.39. The lowest BCUT2D eigenvalue weighted by molar-refractivity contribution is -0.145. The molecule has 0 aliphatic carbocycles. The lowest BCUT2D eigenvalue weighted by atomic mass is 9.94. The molecule has 0 aromatic rings. The number of azide groups is 2. The number of carboxylic acids is 1. The van der Waals surface area contributed by atoms with Crippen LogP contribution in [-0.2, 0) is 47.4 Å². The number of carbonyl (C=O) groups is 1. The maximum absolute atomic E-state index is 10.8. The average Bonchev–Trinajstić information content (AvgIpc) is 2.93. The minimum atomic E-state index is -1.05. The molecule has 0 rings (SSSR count). The predicted octanol–water partition coefficient (Wildman–Crippen LogP) is 1.85. The van der Waals surface area contributed by atoms with Crippen LogP contribution in [0.1, 0.15) is 6.92 Å². The van der Waals surface area contributed by atoms with E-state index in [2.05, 4.69) is 20.1 Å². The van der Waals surface area contributed by atoms with E-state index in [1.54, 1.807) is 0 Å². The summed E-state index contributed by atoms with van der Waals surface area (Å²) >= 11 is 0. The second-order valence-corrected chi connectivity index (χ2v) is 8.39. The molecule has 0 spiro atoms. The normalized spacial score (nSPS) is 12.4. The first-order chi connectivity index (χ1) is 19.5. The van der Waals surface area contributed by atoms with Gasteiger partial charge < -0.3 is 47.7 Å². The summed E-state index contributed by atoms with van der Waals surface area (Å²) in [5, 5.41) is 15.6. The molecule has 0 saturated heterocycles. The first kappa shape index (κ1) is 37.7. The van der Waals surface area contributed by atoms with E-state index in [1.165, 1.54) is 0 Å². The van der Waals surface area contributed by atoms with E-state index >= 15 is 0 Å². The molecular weight excluding hydrogens is 536 g/mol. The Balaban J connectivity index is 3.84. The largest absolute Gasteiger partial charge is 0.480 e. The topological polar surface area (TPSA) is 218 Å². The third-order valence-electron chi connectivity index (χ3n) is 4.61. The number of carboxylic acid groups (broad SMARTS) is 1. The van der Waals surface area contributed by atoms with Gasteiger partial charge in [-0.2, -0.15) is 0 Å². The van der Waals surface area contributed by atoms with Crippen molar-refractivity contribution in [2.45, 2.75) is 6.92 Å². The van der Waals surface area contributed by atoms with Crippen molar-refractivity contribution in [2.75, 3.05) is 132 Å². The third-order valence-corrected chi connectivity index (χ3v) is 4.61. The van der Waals surface area contributed by atoms with Crippen molar-refractivity contribution in [3.63, 3.8) is 0 Å². The Morgan fingerprint density at radius 2 is 0.875 bits per heavy atom. The molecule has 40 heavy (non-hydrogen) atoms. The lowest BCUT2D eigenvalue weighted by Gasteiger charge is -2.28. The fourth-order valence-electron chi connectivity index (χ4n) is 2.77. The minimum Gasteiger partial charge on any atom is -0.480 e. The quantitative estimate of drug-likeness (QED) is 0.0523. The van der Waals surface area contributed by atoms with Crippen LogP contribution in [0.2, 0.25) is 0 Å². The standard InChI is InChI=1S/C23H44N6O11/c1-23(21-40-18-22(30)31,19-38-16-14-36-12-10-34-8-6-32-4-2-26-28-24)20-39-17-15-37-13-11-35-9-7-33-5-3-27-29-25/h2-21H2,1H3,(H,30,31). The summed E-state index contributed by atoms with van der Waals surface area (Å²) < 4.78 is 48.8. The van der Waals surface area contributed by atoms with E-state index in [-0.39, 0.29) is 6.61 Å². The fraction of sp³-hybridized carbons (Fsp3) is 0.957. The Hall–Kier alpha value is -2.27. The molecule has 0 aliphatic rings. The van der Waals surface area contributed by atoms with Crippen molar-refractivity contribution in [1.82, 2.24) is 0 Å². The van der Waals surface area contributed by atoms with Gasteiger partial charge >= 0.3 is 5.97 Å². The average molecular weight is 581 g/mol. The number of nitrogens with zero attached hydrogens (tertiary/aromatic N) is 6. The highest BCUT2D eigenvalue weighted by Gasteiger charge is 2.26. The van der Waals surface area contributed by atoms with Gasteiger partial charge in [-0.3, -0.25) is 0 Å². The van der Waals surface area contributed by atoms with Crippen LogP contribution in [0.4, 0.5) is 0 Å². The highest BCUT2D eigenvalue weighted by Crippen LogP contribution is 2.18. The van der Waals surface area contributed by atoms with Crippen LogP contribution >= 0.6 is 0 Å². The molecule has 0 fully saturated rings. The molecule has 0 unspecified atom stereocenters. The van der Waals surface area contributed by atoms with Gasteiger partial charge in [0, 0.05) is 28.3 Å². The van der Waals surface area contributed by atoms with Gasteiger partial charge in [-0.15, -0.1) is 0 Å². The molecule has 0 radical (unpaired) electrons. The van der Waals surface area contributed by atoms with Gasteiger partial charge in [0.15, 0.2) is 0 Å². The van der Waals surface area contributed by atoms with Gasteiger partial charge in [-0.05, 0) is 11.1 Å². The molecule has 0 amide bonds. The summed E-state index contributed by atoms with van der Waals surface area (Å²) in [4.78, 5) is 16.1. The van der Waals surface area contributed by atoms with Gasteiger partial charge in [0.05, 0.1) is 112 Å². The Bertz CT molecular complexity index is 650. The van der Waals surface area contributed by atoms with Gasteiger partial charge in [0.1, 0.15) is 6.61 Å². The van der Waals surface area contributed by atoms with E-state index < -0.39 is 18.0 Å². The zero-order valence-electron chi connectivity index (χ0n) is 23.4. The van der Waals surface area contributed by atoms with Crippen LogP contribution in [0.15, 0.2) is 10.2 Å². The number of rotatable bonds is 32. The SMILES string of the molecule is CC(COCCOCCOCCOCCN=[N+]=[N-])(COCCOCCOCCOCCN=[N+]=[N-])COCC(=O)O. The van der Waals surface area contributed by atoms with Gasteiger partial charge in [-0.1, -0.05) is 17.2 Å². The molecule has 0 heterocycles. The van der Waals surface area contributed by atoms with Crippen molar-refractivity contribution in [3.05, 3.63) is 20.9 Å². The molecule has 0 atom stereocenters. The molecule has 0 aromatic carbocycles. The van der Waals surface area contributed by atoms with Gasteiger partial charge in [0.25, 0.3) is 0 Å². The molecule has 0 saturated carbocycles. The lowest BCUT2D eigenvalue weighted by Crippen LogP contribution is -2.36. The van der Waals surface area contributed by atoms with E-state index in [4.69, 9.17) is 58.8 Å². The highest BCUT2D eigenvalue weighted by atomic mass is 16.6. The Morgan fingerprint density at radius 1 is 0.575 bits per heavy atom. The first-order valence-electron chi connectivity index (χ1n) is 13.0. The van der Waals surface area contributed by atoms with Crippen molar-refractivity contribution in [2.24, 2.45) is 15.6 Å². The Labute approximate surface area is 234 Å². The zero-order chi connectivity index (χ0) is 29.4. The number of hydrogen-bond donors (Lipinski definition) is 1. The Kier molecular flexibility index (Phi) is 28.0. The molecule has 1 N–H and O–H groups in total. The van der Waals surface area contributed by atoms with Crippen molar-refractivity contribution < 1.29 is 52.5 Å². The van der Waals surface area contributed by atoms with Crippen LogP contribution in [-0.4, -0.2) is 143 Å². The summed E-state index contributed by atoms with van der Waals surface area (Å²) in [7, 11) is 0. The fourth-order valence-corrected chi connectivity index (χ4v) is 2.77. The van der Waals surface area contributed by atoms with Crippen molar-refractivity contribution >= 4 is 5.97 Å². The maximum atomic E-state index is 10.8. The highest BCUT2D eigenvalue weighted by molar-refractivity contribution is 5.67. The molecular formula is C23H44N6O11. The minimum absolute atomic E-state index is 0.151. The smallest absolute Gasteiger partial charge is 0.329 e. The number of aliphatic carboxylic acids is 1. The van der Waals surface area contributed by atoms with Gasteiger partial charge in [0.2, 0.25) is 0 Å². The predicted molar refractivity (Wildman–Crippen MR) is 141 cm³/mol. The van der Waals surface area contributed by atoms with Crippen LogP contribution in [0.3, 0.4) is 0 Å². The molecule has 17 heteroatoms. The third kappa shape index (κ3) is 28.7. The first-order valence-corrected chi connectivity index (χ1v) is 13.0. The number of ether oxygens (including phenoxy) is 9. The summed E-state index contributed by atoms with van der Waals surface area (Å²) in [6.45, 7) is 8.26. The van der Waals surface area contributed by atoms with E-state index in [1.807, 2.05) is 6.92 Å². The number of hydrogen-bond acceptors (Lipinski definition) is 12. The summed E-state index contributed by atoms with van der Waals surface area (Å²) in [6.07, 6.45) is 0. The second kappa shape index (κ2) is 29.7. The van der Waals surface area contributed by atoms with Crippen LogP contribution in [0, 0.1) is 5.41 Å². The van der Waals surface area contributed by atoms with Gasteiger partial charge in [-0.25, -0.2) is 4.79 Å². The summed E-state index contributed by atoms with van der Waals surface area (Å²) in [5.74, 6) is -1.05. The molecule has 17 nitrogen and oxygen atoms in total. The molecule has 0 aliphatic heterocycles. The monoisotopic (exact) mass is 580 g/mol. The molecule has 0 bridgehead atoms. The van der Waals surface area contributed by atoms with Crippen molar-refractivity contribution in [1.29, 1.82) is 0 Å². The maximum Gasteiger partial charge on any atom is 0.329 e. The van der Waals surface area contributed by atoms with E-state index in [0.717, 1.165) is 0 Å². The summed E-state index contributed by atoms with van der Waals surface area (Å²) in [6, 6.07) is 0. The summed E-state index contributed by atoms with van der Waals surface area (Å²) in [5.41, 5.74) is 15.8. The van der Waals surface area contributed by atoms with Crippen LogP contribution in [0.5, 0.6) is 0 Å². The zero-order valence-corrected chi connectivity index (χ0v) is 23.4. The molecule has 232 valence electrons. The van der Waals surface area contributed by atoms with E-state index in [9.17, 15) is 4.79 Å². The Morgan fingerprint density at radius 3 is 1.20 bits per heavy atom. The van der Waals surface area contributed by atoms with Crippen LogP contribution in [0.25, 0.3) is 20.9 Å². The van der Waals surface area contributed by atoms with Crippen LogP contribution < -0.4 is 0 Å². The van der Waals surface area contributed by atoms with E-state index in [0.29, 0.717) is 119 Å². The molecule has 0 aromatic heterocycles. The van der Waals surface area contributed by atoms with Crippen molar-refractivity contribution in [3.8, 4) is 0 Å².